The van der Waals surface area contributed by atoms with Crippen molar-refractivity contribution in [2.45, 2.75) is 44.2 Å². The molecule has 0 unspecified atom stereocenters. The first-order chi connectivity index (χ1) is 16.7. The molecule has 1 aromatic carbocycles. The first-order valence-electron chi connectivity index (χ1n) is 11.6. The summed E-state index contributed by atoms with van der Waals surface area (Å²) in [7, 11) is 0. The lowest BCUT2D eigenvalue weighted by molar-refractivity contribution is 0.00791. The summed E-state index contributed by atoms with van der Waals surface area (Å²) in [5.41, 5.74) is 2.14. The summed E-state index contributed by atoms with van der Waals surface area (Å²) in [6.45, 7) is 3.69. The highest BCUT2D eigenvalue weighted by molar-refractivity contribution is 6.12. The van der Waals surface area contributed by atoms with E-state index in [2.05, 4.69) is 35.4 Å². The van der Waals surface area contributed by atoms with E-state index < -0.39 is 12.3 Å². The molecule has 4 heterocycles. The maximum atomic E-state index is 12.9. The van der Waals surface area contributed by atoms with Crippen molar-refractivity contribution in [1.29, 1.82) is 0 Å². The van der Waals surface area contributed by atoms with Gasteiger partial charge in [0.1, 0.15) is 17.8 Å². The minimum absolute atomic E-state index is 0.0549. The lowest BCUT2D eigenvalue weighted by Crippen LogP contribution is -2.46. The molecule has 9 nitrogen and oxygen atoms in total. The second-order valence-corrected chi connectivity index (χ2v) is 8.88. The van der Waals surface area contributed by atoms with Gasteiger partial charge in [0.2, 0.25) is 5.89 Å². The summed E-state index contributed by atoms with van der Waals surface area (Å²) in [5, 5.41) is 12.6. The van der Waals surface area contributed by atoms with Gasteiger partial charge in [0.05, 0.1) is 18.6 Å². The second kappa shape index (κ2) is 8.88. The lowest BCUT2D eigenvalue weighted by atomic mass is 9.90. The van der Waals surface area contributed by atoms with Crippen LogP contribution in [0.15, 0.2) is 28.9 Å². The third kappa shape index (κ3) is 3.98. The smallest absolute Gasteiger partial charge is 0.314 e. The fourth-order valence-electron chi connectivity index (χ4n) is 5.13. The molecule has 0 radical (unpaired) electrons. The molecule has 178 valence electrons. The molecular formula is C23H25F2N7O2. The SMILES string of the molecule is FC(F)c1nnc(-c2ccc3[nH]c4ncnc(NC5CCC(N6CCOCC6)CC5)c4c3c2)o1. The van der Waals surface area contributed by atoms with Gasteiger partial charge in [-0.15, -0.1) is 10.2 Å². The molecule has 2 aliphatic rings. The number of nitrogens with one attached hydrogen (secondary N) is 2. The van der Waals surface area contributed by atoms with Crippen LogP contribution >= 0.6 is 0 Å². The van der Waals surface area contributed by atoms with Crippen molar-refractivity contribution >= 4 is 27.8 Å². The average Bonchev–Trinajstić information content (AvgIpc) is 3.50. The molecular weight excluding hydrogens is 444 g/mol. The highest BCUT2D eigenvalue weighted by Gasteiger charge is 2.27. The Hall–Kier alpha value is -3.18. The van der Waals surface area contributed by atoms with Gasteiger partial charge in [-0.25, -0.2) is 9.97 Å². The normalized spacial score (nSPS) is 22.1. The van der Waals surface area contributed by atoms with Crippen molar-refractivity contribution in [2.75, 3.05) is 31.6 Å². The fourth-order valence-corrected chi connectivity index (χ4v) is 5.13. The zero-order chi connectivity index (χ0) is 23.1. The Labute approximate surface area is 193 Å². The van der Waals surface area contributed by atoms with E-state index in [0.29, 0.717) is 23.3 Å². The van der Waals surface area contributed by atoms with E-state index in [1.165, 1.54) is 0 Å². The number of halogens is 2. The van der Waals surface area contributed by atoms with Crippen LogP contribution in [0.3, 0.4) is 0 Å². The van der Waals surface area contributed by atoms with E-state index >= 15 is 0 Å². The van der Waals surface area contributed by atoms with E-state index in [-0.39, 0.29) is 5.89 Å². The van der Waals surface area contributed by atoms with Crippen LogP contribution in [-0.4, -0.2) is 68.4 Å². The van der Waals surface area contributed by atoms with Gasteiger partial charge < -0.3 is 19.5 Å². The summed E-state index contributed by atoms with van der Waals surface area (Å²) in [5.74, 6) is 0.133. The third-order valence-corrected chi connectivity index (χ3v) is 6.86. The number of aromatic nitrogens is 5. The number of hydrogen-bond donors (Lipinski definition) is 2. The van der Waals surface area contributed by atoms with Crippen molar-refractivity contribution < 1.29 is 17.9 Å². The van der Waals surface area contributed by atoms with Crippen LogP contribution < -0.4 is 5.32 Å². The van der Waals surface area contributed by atoms with Gasteiger partial charge in [-0.3, -0.25) is 4.90 Å². The molecule has 1 saturated carbocycles. The highest BCUT2D eigenvalue weighted by Crippen LogP contribution is 2.34. The molecule has 4 aromatic rings. The topological polar surface area (TPSA) is 105 Å². The molecule has 0 atom stereocenters. The third-order valence-electron chi connectivity index (χ3n) is 6.86. The van der Waals surface area contributed by atoms with Crippen molar-refractivity contribution in [2.24, 2.45) is 0 Å². The first kappa shape index (κ1) is 21.4. The molecule has 1 aliphatic heterocycles. The molecule has 0 bridgehead atoms. The summed E-state index contributed by atoms with van der Waals surface area (Å²) in [4.78, 5) is 14.8. The number of fused-ring (bicyclic) bond motifs is 3. The molecule has 0 spiro atoms. The van der Waals surface area contributed by atoms with Crippen molar-refractivity contribution in [1.82, 2.24) is 30.0 Å². The Kier molecular flexibility index (Phi) is 5.58. The number of morpholine rings is 1. The molecule has 6 rings (SSSR count). The van der Waals surface area contributed by atoms with Gasteiger partial charge in [-0.05, 0) is 43.9 Å². The van der Waals surface area contributed by atoms with Gasteiger partial charge in [-0.1, -0.05) is 0 Å². The van der Waals surface area contributed by atoms with E-state index in [9.17, 15) is 8.78 Å². The Bertz CT molecular complexity index is 1290. The number of hydrogen-bond acceptors (Lipinski definition) is 8. The predicted molar refractivity (Wildman–Crippen MR) is 122 cm³/mol. The number of benzene rings is 1. The molecule has 3 aromatic heterocycles. The van der Waals surface area contributed by atoms with Gasteiger partial charge in [0, 0.05) is 41.6 Å². The number of aromatic amines is 1. The average molecular weight is 469 g/mol. The number of anilines is 1. The van der Waals surface area contributed by atoms with Gasteiger partial charge in [-0.2, -0.15) is 8.78 Å². The van der Waals surface area contributed by atoms with Gasteiger partial charge >= 0.3 is 6.43 Å². The van der Waals surface area contributed by atoms with E-state index in [1.807, 2.05) is 12.1 Å². The van der Waals surface area contributed by atoms with Crippen LogP contribution in [0.25, 0.3) is 33.4 Å². The number of H-pyrrole nitrogens is 1. The monoisotopic (exact) mass is 469 g/mol. The number of alkyl halides is 2. The number of rotatable bonds is 5. The molecule has 34 heavy (non-hydrogen) atoms. The van der Waals surface area contributed by atoms with E-state index in [0.717, 1.165) is 74.1 Å². The summed E-state index contributed by atoms with van der Waals surface area (Å²) < 4.78 is 36.4. The van der Waals surface area contributed by atoms with Gasteiger partial charge in [0.25, 0.3) is 5.89 Å². The zero-order valence-electron chi connectivity index (χ0n) is 18.5. The second-order valence-electron chi connectivity index (χ2n) is 8.88. The quantitative estimate of drug-likeness (QED) is 0.449. The fraction of sp³-hybridized carbons (Fsp3) is 0.478. The lowest BCUT2D eigenvalue weighted by Gasteiger charge is -2.39. The van der Waals surface area contributed by atoms with Crippen molar-refractivity contribution in [3.05, 3.63) is 30.4 Å². The molecule has 1 aliphatic carbocycles. The van der Waals surface area contributed by atoms with Crippen LogP contribution in [0.1, 0.15) is 38.0 Å². The molecule has 2 N–H and O–H groups in total. The highest BCUT2D eigenvalue weighted by atomic mass is 19.3. The van der Waals surface area contributed by atoms with Crippen LogP contribution in [0.4, 0.5) is 14.6 Å². The van der Waals surface area contributed by atoms with Crippen LogP contribution in [-0.2, 0) is 4.74 Å². The van der Waals surface area contributed by atoms with Crippen LogP contribution in [0.5, 0.6) is 0 Å². The van der Waals surface area contributed by atoms with E-state index in [4.69, 9.17) is 9.15 Å². The van der Waals surface area contributed by atoms with Crippen LogP contribution in [0.2, 0.25) is 0 Å². The summed E-state index contributed by atoms with van der Waals surface area (Å²) >= 11 is 0. The van der Waals surface area contributed by atoms with Crippen molar-refractivity contribution in [3.8, 4) is 11.5 Å². The predicted octanol–water partition coefficient (Wildman–Crippen LogP) is 4.15. The Morgan fingerprint density at radius 2 is 1.88 bits per heavy atom. The molecule has 0 amide bonds. The number of nitrogens with zero attached hydrogens (tertiary/aromatic N) is 5. The van der Waals surface area contributed by atoms with Crippen LogP contribution in [0, 0.1) is 0 Å². The minimum atomic E-state index is -2.80. The van der Waals surface area contributed by atoms with Gasteiger partial charge in [0.15, 0.2) is 0 Å². The first-order valence-corrected chi connectivity index (χ1v) is 11.6. The standard InChI is InChI=1S/C23H25F2N7O2/c24-19(25)23-31-30-22(34-23)13-1-6-17-16(11-13)18-20(26-12-27-21(18)29-17)28-14-2-4-15(5-3-14)32-7-9-33-10-8-32/h1,6,11-12,14-15,19H,2-5,7-10H2,(H2,26,27,28,29). The number of ether oxygens (including phenoxy) is 1. The Morgan fingerprint density at radius 1 is 1.06 bits per heavy atom. The summed E-state index contributed by atoms with van der Waals surface area (Å²) in [6, 6.07) is 6.41. The van der Waals surface area contributed by atoms with Crippen molar-refractivity contribution in [3.63, 3.8) is 0 Å². The minimum Gasteiger partial charge on any atom is -0.415 e. The Morgan fingerprint density at radius 3 is 2.65 bits per heavy atom. The zero-order valence-corrected chi connectivity index (χ0v) is 18.5. The maximum absolute atomic E-state index is 12.9. The largest absolute Gasteiger partial charge is 0.415 e. The maximum Gasteiger partial charge on any atom is 0.314 e. The molecule has 11 heteroatoms. The van der Waals surface area contributed by atoms with E-state index in [1.54, 1.807) is 12.4 Å². The molecule has 1 saturated heterocycles. The molecule has 2 fully saturated rings. The Balaban J connectivity index is 1.26. The summed E-state index contributed by atoms with van der Waals surface area (Å²) in [6.07, 6.45) is 3.17.